The fourth-order valence-corrected chi connectivity index (χ4v) is 4.91. The molecule has 1 rings (SSSR count). The van der Waals surface area contributed by atoms with Crippen molar-refractivity contribution in [3.8, 4) is 0 Å². The number of likely N-dealkylation sites (tertiary alicyclic amines) is 1. The van der Waals surface area contributed by atoms with Crippen LogP contribution in [0.5, 0.6) is 0 Å². The van der Waals surface area contributed by atoms with Gasteiger partial charge >= 0.3 is 11.0 Å². The molecule has 1 heterocycles. The Hall–Kier alpha value is -1.38. The van der Waals surface area contributed by atoms with Gasteiger partial charge in [-0.3, -0.25) is 14.5 Å². The van der Waals surface area contributed by atoms with Crippen LogP contribution in [0.2, 0.25) is 0 Å². The number of hydrogen-bond donors (Lipinski definition) is 0. The van der Waals surface area contributed by atoms with E-state index in [4.69, 9.17) is 0 Å². The van der Waals surface area contributed by atoms with Crippen LogP contribution in [0.25, 0.3) is 0 Å². The van der Waals surface area contributed by atoms with Gasteiger partial charge in [0.25, 0.3) is 19.7 Å². The quantitative estimate of drug-likeness (QED) is 0.505. The number of hydrogen-bond acceptors (Lipinski definition) is 6. The lowest BCUT2D eigenvalue weighted by molar-refractivity contribution is -0.138. The molecule has 15 heteroatoms. The molecule has 0 unspecified atom stereocenters. The molecule has 0 atom stereocenters. The maximum atomic E-state index is 12.5. The summed E-state index contributed by atoms with van der Waals surface area (Å²) in [6.07, 6.45) is -1.16. The molecule has 0 saturated carbocycles. The Morgan fingerprint density at radius 3 is 1.39 bits per heavy atom. The first-order valence-corrected chi connectivity index (χ1v) is 8.56. The number of amides is 2. The lowest BCUT2D eigenvalue weighted by atomic mass is 10.4. The van der Waals surface area contributed by atoms with Gasteiger partial charge < -0.3 is 0 Å². The van der Waals surface area contributed by atoms with Crippen LogP contribution in [0.1, 0.15) is 12.8 Å². The van der Waals surface area contributed by atoms with E-state index < -0.39 is 66.5 Å². The Morgan fingerprint density at radius 1 is 0.826 bits per heavy atom. The number of carbonyl (C=O) groups is 2. The molecule has 0 aromatic carbocycles. The van der Waals surface area contributed by atoms with Gasteiger partial charge in [0.05, 0.1) is 6.54 Å². The average molecular weight is 391 g/mol. The third kappa shape index (κ3) is 3.44. The van der Waals surface area contributed by atoms with Crippen molar-refractivity contribution in [3.63, 3.8) is 0 Å². The molecule has 0 radical (unpaired) electrons. The second-order valence-corrected chi connectivity index (χ2v) is 8.85. The fraction of sp³-hybridized carbons (Fsp3) is 0.750. The second-order valence-electron chi connectivity index (χ2n) is 4.31. The molecule has 23 heavy (non-hydrogen) atoms. The Morgan fingerprint density at radius 2 is 1.13 bits per heavy atom. The van der Waals surface area contributed by atoms with Crippen LogP contribution in [0.15, 0.2) is 0 Å². The molecule has 0 spiro atoms. The van der Waals surface area contributed by atoms with Gasteiger partial charge in [-0.2, -0.15) is 26.3 Å². The van der Waals surface area contributed by atoms with E-state index in [0.717, 1.165) is 0 Å². The van der Waals surface area contributed by atoms with E-state index in [1.807, 2.05) is 0 Å². The lowest BCUT2D eigenvalue weighted by Gasteiger charge is -2.24. The summed E-state index contributed by atoms with van der Waals surface area (Å²) in [5.74, 6) is -2.54. The number of halogens is 6. The summed E-state index contributed by atoms with van der Waals surface area (Å²) in [5.41, 5.74) is -12.7. The summed E-state index contributed by atoms with van der Waals surface area (Å²) in [6.45, 7) is -2.08. The summed E-state index contributed by atoms with van der Waals surface area (Å²) in [4.78, 5) is 22.2. The monoisotopic (exact) mass is 391 g/mol. The molecule has 0 bridgehead atoms. The summed E-state index contributed by atoms with van der Waals surface area (Å²) in [6, 6.07) is 0. The summed E-state index contributed by atoms with van der Waals surface area (Å²) in [5, 5.41) is 0. The van der Waals surface area contributed by atoms with Crippen LogP contribution in [0.4, 0.5) is 26.3 Å². The maximum absolute atomic E-state index is 12.5. The highest BCUT2D eigenvalue weighted by Gasteiger charge is 2.63. The van der Waals surface area contributed by atoms with Gasteiger partial charge in [0, 0.05) is 12.8 Å². The zero-order valence-electron chi connectivity index (χ0n) is 10.7. The number of imide groups is 1. The number of rotatable bonds is 4. The molecule has 134 valence electrons. The average Bonchev–Trinajstić information content (AvgIpc) is 2.63. The summed E-state index contributed by atoms with van der Waals surface area (Å²) < 4.78 is 115. The SMILES string of the molecule is O=C1CCC(=O)N1CC(S(=O)(=O)C(F)(F)F)S(=O)(=O)C(F)(F)F. The molecule has 7 nitrogen and oxygen atoms in total. The van der Waals surface area contributed by atoms with Gasteiger partial charge in [0.1, 0.15) is 0 Å². The highest BCUT2D eigenvalue weighted by atomic mass is 32.3. The molecular formula is C8H7F6NO6S2. The van der Waals surface area contributed by atoms with Crippen molar-refractivity contribution >= 4 is 31.5 Å². The molecule has 1 saturated heterocycles. The first-order valence-electron chi connectivity index (χ1n) is 5.47. The van der Waals surface area contributed by atoms with E-state index >= 15 is 0 Å². The lowest BCUT2D eigenvalue weighted by Crippen LogP contribution is -2.51. The molecule has 0 N–H and O–H groups in total. The smallest absolute Gasteiger partial charge is 0.280 e. The van der Waals surface area contributed by atoms with E-state index in [2.05, 4.69) is 0 Å². The minimum absolute atomic E-state index is 0.239. The molecular weight excluding hydrogens is 384 g/mol. The van der Waals surface area contributed by atoms with E-state index in [0.29, 0.717) is 0 Å². The topological polar surface area (TPSA) is 106 Å². The van der Waals surface area contributed by atoms with E-state index in [9.17, 15) is 52.8 Å². The molecule has 0 aromatic heterocycles. The normalized spacial score (nSPS) is 18.1. The Bertz CT molecular complexity index is 661. The Labute approximate surface area is 125 Å². The second kappa shape index (κ2) is 5.61. The van der Waals surface area contributed by atoms with Crippen molar-refractivity contribution in [2.24, 2.45) is 0 Å². The van der Waals surface area contributed by atoms with E-state index in [-0.39, 0.29) is 4.90 Å². The van der Waals surface area contributed by atoms with Crippen LogP contribution < -0.4 is 0 Å². The van der Waals surface area contributed by atoms with Crippen LogP contribution >= 0.6 is 0 Å². The van der Waals surface area contributed by atoms with Gasteiger partial charge in [-0.25, -0.2) is 16.8 Å². The zero-order chi connectivity index (χ0) is 18.4. The highest BCUT2D eigenvalue weighted by Crippen LogP contribution is 2.37. The van der Waals surface area contributed by atoms with Crippen LogP contribution in [-0.2, 0) is 29.3 Å². The first kappa shape index (κ1) is 19.7. The first-order chi connectivity index (χ1) is 10.0. The highest BCUT2D eigenvalue weighted by molar-refractivity contribution is 8.09. The third-order valence-corrected chi connectivity index (χ3v) is 7.32. The minimum atomic E-state index is -6.87. The molecule has 0 aliphatic carbocycles. The van der Waals surface area contributed by atoms with E-state index in [1.165, 1.54) is 0 Å². The maximum Gasteiger partial charge on any atom is 0.498 e. The predicted molar refractivity (Wildman–Crippen MR) is 59.7 cm³/mol. The van der Waals surface area contributed by atoms with Crippen LogP contribution in [0, 0.1) is 0 Å². The molecule has 1 aliphatic rings. The van der Waals surface area contributed by atoms with Crippen molar-refractivity contribution < 1.29 is 52.8 Å². The van der Waals surface area contributed by atoms with Crippen molar-refractivity contribution in [1.82, 2.24) is 4.90 Å². The number of alkyl halides is 6. The van der Waals surface area contributed by atoms with Crippen molar-refractivity contribution in [3.05, 3.63) is 0 Å². The predicted octanol–water partition coefficient (Wildman–Crippen LogP) is 0.331. The van der Waals surface area contributed by atoms with Gasteiger partial charge in [0.15, 0.2) is 4.58 Å². The number of nitrogens with zero attached hydrogens (tertiary/aromatic N) is 1. The van der Waals surface area contributed by atoms with Gasteiger partial charge in [-0.05, 0) is 0 Å². The Balaban J connectivity index is 3.46. The molecule has 1 fully saturated rings. The zero-order valence-corrected chi connectivity index (χ0v) is 12.3. The van der Waals surface area contributed by atoms with Gasteiger partial charge in [-0.1, -0.05) is 0 Å². The van der Waals surface area contributed by atoms with Gasteiger partial charge in [0.2, 0.25) is 11.8 Å². The number of carbonyl (C=O) groups excluding carboxylic acids is 2. The molecule has 1 aliphatic heterocycles. The van der Waals surface area contributed by atoms with Crippen LogP contribution in [0.3, 0.4) is 0 Å². The summed E-state index contributed by atoms with van der Waals surface area (Å²) in [7, 11) is -13.7. The van der Waals surface area contributed by atoms with Crippen LogP contribution in [-0.4, -0.2) is 55.7 Å². The number of sulfone groups is 2. The molecule has 0 aromatic rings. The molecule has 2 amide bonds. The van der Waals surface area contributed by atoms with Gasteiger partial charge in [-0.15, -0.1) is 0 Å². The largest absolute Gasteiger partial charge is 0.498 e. The Kier molecular flexibility index (Phi) is 4.80. The standard InChI is InChI=1S/C8H7F6NO6S2/c9-7(10,11)22(18,19)6(23(20,21)8(12,13)14)3-15-4(16)1-2-5(15)17/h6H,1-3H2. The van der Waals surface area contributed by atoms with E-state index in [1.54, 1.807) is 0 Å². The fourth-order valence-electron chi connectivity index (χ4n) is 1.64. The van der Waals surface area contributed by atoms with Crippen molar-refractivity contribution in [2.75, 3.05) is 6.54 Å². The van der Waals surface area contributed by atoms with Crippen molar-refractivity contribution in [1.29, 1.82) is 0 Å². The van der Waals surface area contributed by atoms with Crippen molar-refractivity contribution in [2.45, 2.75) is 28.4 Å². The third-order valence-electron chi connectivity index (χ3n) is 2.82. The summed E-state index contributed by atoms with van der Waals surface area (Å²) >= 11 is 0. The minimum Gasteiger partial charge on any atom is -0.280 e.